The lowest BCUT2D eigenvalue weighted by molar-refractivity contribution is -0.394. The third-order valence-corrected chi connectivity index (χ3v) is 4.54. The molecule has 1 N–H and O–H groups in total. The van der Waals surface area contributed by atoms with Crippen molar-refractivity contribution >= 4 is 23.5 Å². The quantitative estimate of drug-likeness (QED) is 0.280. The fraction of sp³-hybridized carbons (Fsp3) is 0.130. The van der Waals surface area contributed by atoms with Crippen LogP contribution in [0.1, 0.15) is 16.7 Å². The number of hydrogen-bond acceptors (Lipinski definition) is 8. The Morgan fingerprint density at radius 3 is 2.53 bits per heavy atom. The molecule has 34 heavy (non-hydrogen) atoms. The summed E-state index contributed by atoms with van der Waals surface area (Å²) < 4.78 is 11.1. The molecule has 3 aromatic carbocycles. The lowest BCUT2D eigenvalue weighted by Crippen LogP contribution is -2.24. The van der Waals surface area contributed by atoms with Gasteiger partial charge in [0.2, 0.25) is 5.75 Å². The fourth-order valence-electron chi connectivity index (χ4n) is 2.85. The maximum absolute atomic E-state index is 12.0. The molecule has 0 aliphatic carbocycles. The Morgan fingerprint density at radius 2 is 1.79 bits per heavy atom. The van der Waals surface area contributed by atoms with Gasteiger partial charge in [-0.05, 0) is 54.8 Å². The van der Waals surface area contributed by atoms with Gasteiger partial charge >= 0.3 is 5.69 Å². The number of rotatable bonds is 9. The largest absolute Gasteiger partial charge is 0.483 e. The topological polar surface area (TPSA) is 146 Å². The van der Waals surface area contributed by atoms with Crippen molar-refractivity contribution in [3.8, 4) is 17.2 Å². The van der Waals surface area contributed by atoms with Gasteiger partial charge in [-0.25, -0.2) is 5.43 Å². The van der Waals surface area contributed by atoms with Crippen LogP contribution in [0.4, 0.5) is 11.4 Å². The number of nitrogens with one attached hydrogen (secondary N) is 1. The number of nitro benzene ring substituents is 2. The summed E-state index contributed by atoms with van der Waals surface area (Å²) in [5.41, 5.74) is 3.86. The third-order valence-electron chi connectivity index (χ3n) is 4.54. The summed E-state index contributed by atoms with van der Waals surface area (Å²) >= 11 is 0. The number of ether oxygens (including phenoxy) is 2. The standard InChI is InChI=1S/C23H20N4O7/c1-15-6-7-16(2)22(10-15)33-14-23(28)25-24-13-17-4-3-5-19(11-17)34-21-9-8-18(26(29)30)12-20(21)27(31)32/h3-13H,14H2,1-2H3,(H,25,28)/b24-13-. The number of non-ortho nitro benzene ring substituents is 1. The van der Waals surface area contributed by atoms with Gasteiger partial charge in [-0.1, -0.05) is 24.3 Å². The summed E-state index contributed by atoms with van der Waals surface area (Å²) in [5.74, 6) is 0.252. The second kappa shape index (κ2) is 10.7. The van der Waals surface area contributed by atoms with Crippen LogP contribution < -0.4 is 14.9 Å². The molecule has 0 atom stereocenters. The molecule has 11 heteroatoms. The summed E-state index contributed by atoms with van der Waals surface area (Å²) in [6, 6.07) is 15.2. The van der Waals surface area contributed by atoms with Crippen molar-refractivity contribution < 1.29 is 24.1 Å². The zero-order chi connectivity index (χ0) is 24.7. The Hall–Kier alpha value is -4.80. The van der Waals surface area contributed by atoms with Gasteiger partial charge in [0.1, 0.15) is 11.5 Å². The maximum Gasteiger partial charge on any atom is 0.318 e. The molecule has 0 aliphatic rings. The van der Waals surface area contributed by atoms with E-state index < -0.39 is 27.1 Å². The van der Waals surface area contributed by atoms with Gasteiger partial charge in [0.15, 0.2) is 6.61 Å². The number of carbonyl (C=O) groups is 1. The van der Waals surface area contributed by atoms with Crippen molar-refractivity contribution in [1.29, 1.82) is 0 Å². The summed E-state index contributed by atoms with van der Waals surface area (Å²) in [6.45, 7) is 3.59. The molecule has 0 aliphatic heterocycles. The first-order valence-corrected chi connectivity index (χ1v) is 9.95. The predicted octanol–water partition coefficient (Wildman–Crippen LogP) is 4.44. The SMILES string of the molecule is Cc1ccc(C)c(OCC(=O)N/N=C\c2cccc(Oc3ccc([N+](=O)[O-])cc3[N+](=O)[O-])c2)c1. The molecule has 174 valence electrons. The summed E-state index contributed by atoms with van der Waals surface area (Å²) in [7, 11) is 0. The van der Waals surface area contributed by atoms with E-state index in [9.17, 15) is 25.0 Å². The molecular formula is C23H20N4O7. The molecule has 1 amide bonds. The Morgan fingerprint density at radius 1 is 1.00 bits per heavy atom. The molecule has 11 nitrogen and oxygen atoms in total. The van der Waals surface area contributed by atoms with E-state index in [0.717, 1.165) is 29.3 Å². The first kappa shape index (κ1) is 23.9. The van der Waals surface area contributed by atoms with Gasteiger partial charge in [0, 0.05) is 6.07 Å². The van der Waals surface area contributed by atoms with Crippen molar-refractivity contribution in [1.82, 2.24) is 5.43 Å². The Bertz CT molecular complexity index is 1270. The minimum Gasteiger partial charge on any atom is -0.483 e. The van der Waals surface area contributed by atoms with Crippen molar-refractivity contribution in [2.75, 3.05) is 6.61 Å². The maximum atomic E-state index is 12.0. The highest BCUT2D eigenvalue weighted by atomic mass is 16.6. The third kappa shape index (κ3) is 6.36. The van der Waals surface area contributed by atoms with E-state index in [1.54, 1.807) is 18.2 Å². The summed E-state index contributed by atoms with van der Waals surface area (Å²) in [6.07, 6.45) is 1.37. The van der Waals surface area contributed by atoms with Gasteiger partial charge < -0.3 is 9.47 Å². The highest BCUT2D eigenvalue weighted by Gasteiger charge is 2.21. The molecule has 0 radical (unpaired) electrons. The monoisotopic (exact) mass is 464 g/mol. The highest BCUT2D eigenvalue weighted by molar-refractivity contribution is 5.83. The van der Waals surface area contributed by atoms with E-state index in [0.29, 0.717) is 11.3 Å². The number of amides is 1. The molecule has 0 unspecified atom stereocenters. The number of nitrogens with zero attached hydrogens (tertiary/aromatic N) is 3. The smallest absolute Gasteiger partial charge is 0.318 e. The molecule has 0 heterocycles. The number of benzene rings is 3. The second-order valence-electron chi connectivity index (χ2n) is 7.19. The molecule has 3 rings (SSSR count). The number of nitro groups is 2. The van der Waals surface area contributed by atoms with Crippen LogP contribution in [0.5, 0.6) is 17.2 Å². The Labute approximate surface area is 193 Å². The minimum absolute atomic E-state index is 0.151. The summed E-state index contributed by atoms with van der Waals surface area (Å²) in [5, 5.41) is 26.0. The Balaban J connectivity index is 1.62. The number of carbonyl (C=O) groups excluding carboxylic acids is 1. The molecular weight excluding hydrogens is 444 g/mol. The summed E-state index contributed by atoms with van der Waals surface area (Å²) in [4.78, 5) is 32.7. The zero-order valence-corrected chi connectivity index (χ0v) is 18.3. The van der Waals surface area contributed by atoms with Crippen molar-refractivity contribution in [2.45, 2.75) is 13.8 Å². The van der Waals surface area contributed by atoms with Crippen LogP contribution in [-0.2, 0) is 4.79 Å². The van der Waals surface area contributed by atoms with E-state index in [1.807, 2.05) is 32.0 Å². The van der Waals surface area contributed by atoms with Crippen LogP contribution in [0.2, 0.25) is 0 Å². The second-order valence-corrected chi connectivity index (χ2v) is 7.19. The molecule has 0 saturated heterocycles. The minimum atomic E-state index is -0.760. The van der Waals surface area contributed by atoms with E-state index >= 15 is 0 Å². The van der Waals surface area contributed by atoms with Crippen molar-refractivity contribution in [3.05, 3.63) is 97.6 Å². The van der Waals surface area contributed by atoms with Gasteiger partial charge in [0.05, 0.1) is 22.1 Å². The van der Waals surface area contributed by atoms with Crippen LogP contribution in [-0.4, -0.2) is 28.6 Å². The lowest BCUT2D eigenvalue weighted by Gasteiger charge is -2.09. The van der Waals surface area contributed by atoms with Gasteiger partial charge in [0.25, 0.3) is 11.6 Å². The predicted molar refractivity (Wildman–Crippen MR) is 123 cm³/mol. The first-order valence-electron chi connectivity index (χ1n) is 9.95. The van der Waals surface area contributed by atoms with Gasteiger partial charge in [-0.15, -0.1) is 0 Å². The van der Waals surface area contributed by atoms with Crippen molar-refractivity contribution in [3.63, 3.8) is 0 Å². The Kier molecular flexibility index (Phi) is 7.49. The molecule has 0 fully saturated rings. The molecule has 0 aromatic heterocycles. The molecule has 3 aromatic rings. The molecule has 0 spiro atoms. The van der Waals surface area contributed by atoms with E-state index in [1.165, 1.54) is 12.3 Å². The fourth-order valence-corrected chi connectivity index (χ4v) is 2.85. The van der Waals surface area contributed by atoms with Gasteiger partial charge in [-0.3, -0.25) is 25.0 Å². The van der Waals surface area contributed by atoms with Crippen LogP contribution in [0.3, 0.4) is 0 Å². The zero-order valence-electron chi connectivity index (χ0n) is 18.3. The van der Waals surface area contributed by atoms with E-state index in [4.69, 9.17) is 9.47 Å². The molecule has 0 bridgehead atoms. The van der Waals surface area contributed by atoms with Crippen LogP contribution >= 0.6 is 0 Å². The average Bonchev–Trinajstić information content (AvgIpc) is 2.80. The normalized spacial score (nSPS) is 10.6. The number of hydrogen-bond donors (Lipinski definition) is 1. The average molecular weight is 464 g/mol. The van der Waals surface area contributed by atoms with Crippen LogP contribution in [0.15, 0.2) is 65.8 Å². The lowest BCUT2D eigenvalue weighted by atomic mass is 10.1. The van der Waals surface area contributed by atoms with Crippen LogP contribution in [0, 0.1) is 34.1 Å². The first-order chi connectivity index (χ1) is 16.2. The van der Waals surface area contributed by atoms with Crippen molar-refractivity contribution in [2.24, 2.45) is 5.10 Å². The highest BCUT2D eigenvalue weighted by Crippen LogP contribution is 2.34. The molecule has 0 saturated carbocycles. The van der Waals surface area contributed by atoms with Gasteiger partial charge in [-0.2, -0.15) is 5.10 Å². The van der Waals surface area contributed by atoms with E-state index in [2.05, 4.69) is 10.5 Å². The number of hydrazone groups is 1. The number of aryl methyl sites for hydroxylation is 2. The van der Waals surface area contributed by atoms with Crippen LogP contribution in [0.25, 0.3) is 0 Å². The van der Waals surface area contributed by atoms with E-state index in [-0.39, 0.29) is 18.1 Å².